The van der Waals surface area contributed by atoms with Crippen LogP contribution < -0.4 is 10.5 Å². The van der Waals surface area contributed by atoms with Crippen LogP contribution in [0.25, 0.3) is 21.9 Å². The van der Waals surface area contributed by atoms with Crippen molar-refractivity contribution in [3.8, 4) is 5.75 Å². The Morgan fingerprint density at radius 2 is 1.72 bits per heavy atom. The molecule has 4 rings (SSSR count). The Hall–Kier alpha value is -3.61. The molecule has 0 spiro atoms. The number of azo groups is 1. The second kappa shape index (κ2) is 7.43. The van der Waals surface area contributed by atoms with Gasteiger partial charge in [-0.1, -0.05) is 0 Å². The van der Waals surface area contributed by atoms with Crippen LogP contribution in [-0.4, -0.2) is 18.2 Å². The van der Waals surface area contributed by atoms with Gasteiger partial charge in [-0.05, 0) is 62.7 Å². The Balaban J connectivity index is 1.72. The number of anilines is 1. The second-order valence-corrected chi connectivity index (χ2v) is 6.71. The van der Waals surface area contributed by atoms with Gasteiger partial charge in [-0.15, -0.1) is 10.2 Å². The van der Waals surface area contributed by atoms with Crippen LogP contribution in [0, 0.1) is 6.92 Å². The van der Waals surface area contributed by atoms with Crippen LogP contribution >= 0.6 is 0 Å². The van der Waals surface area contributed by atoms with Crippen molar-refractivity contribution in [2.24, 2.45) is 10.2 Å². The first-order valence-electron chi connectivity index (χ1n) is 9.47. The molecule has 0 aliphatic heterocycles. The topological polar surface area (TPSA) is 91.5 Å². The van der Waals surface area contributed by atoms with Crippen molar-refractivity contribution in [3.05, 3.63) is 58.4 Å². The van der Waals surface area contributed by atoms with Crippen molar-refractivity contribution in [3.63, 3.8) is 0 Å². The fraction of sp³-hybridized carbons (Fsp3) is 0.227. The zero-order chi connectivity index (χ0) is 20.5. The lowest BCUT2D eigenvalue weighted by atomic mass is 10.1. The lowest BCUT2D eigenvalue weighted by Crippen LogP contribution is -2.21. The number of hydrogen-bond acceptors (Lipinski definition) is 7. The SMILES string of the molecule is CCN(CC)c1ccc(N=Nc2oc3ccc4c(C)cc(=O)oc4c3c2O)cc1. The predicted octanol–water partition coefficient (Wildman–Crippen LogP) is 5.81. The van der Waals surface area contributed by atoms with Crippen molar-refractivity contribution in [1.82, 2.24) is 0 Å². The van der Waals surface area contributed by atoms with Crippen LogP contribution in [0.3, 0.4) is 0 Å². The third kappa shape index (κ3) is 3.35. The average Bonchev–Trinajstić information content (AvgIpc) is 3.04. The first kappa shape index (κ1) is 18.7. The Kier molecular flexibility index (Phi) is 4.80. The van der Waals surface area contributed by atoms with E-state index in [4.69, 9.17) is 8.83 Å². The van der Waals surface area contributed by atoms with Crippen LogP contribution in [0.4, 0.5) is 17.3 Å². The number of benzene rings is 2. The minimum absolute atomic E-state index is 0.0375. The maximum Gasteiger partial charge on any atom is 0.336 e. The lowest BCUT2D eigenvalue weighted by Gasteiger charge is -2.20. The molecular formula is C22H21N3O4. The molecule has 0 unspecified atom stereocenters. The molecule has 0 fully saturated rings. The number of aryl methyl sites for hydroxylation is 1. The number of aromatic hydroxyl groups is 1. The minimum Gasteiger partial charge on any atom is -0.502 e. The summed E-state index contributed by atoms with van der Waals surface area (Å²) in [5.41, 5.74) is 2.66. The number of nitrogens with zero attached hydrogens (tertiary/aromatic N) is 3. The molecule has 148 valence electrons. The lowest BCUT2D eigenvalue weighted by molar-refractivity contribution is 0.467. The van der Waals surface area contributed by atoms with Crippen molar-refractivity contribution < 1.29 is 13.9 Å². The Morgan fingerprint density at radius 3 is 2.41 bits per heavy atom. The molecule has 0 aliphatic carbocycles. The van der Waals surface area contributed by atoms with E-state index in [1.807, 2.05) is 31.2 Å². The third-order valence-electron chi connectivity index (χ3n) is 4.96. The van der Waals surface area contributed by atoms with Crippen LogP contribution in [0.15, 0.2) is 66.3 Å². The molecule has 0 atom stereocenters. The van der Waals surface area contributed by atoms with Gasteiger partial charge in [0.05, 0.1) is 5.69 Å². The minimum atomic E-state index is -0.487. The molecule has 1 N–H and O–H groups in total. The summed E-state index contributed by atoms with van der Waals surface area (Å²) in [4.78, 5) is 14.0. The molecule has 7 heteroatoms. The van der Waals surface area contributed by atoms with Gasteiger partial charge in [-0.25, -0.2) is 4.79 Å². The van der Waals surface area contributed by atoms with E-state index < -0.39 is 5.63 Å². The molecule has 0 amide bonds. The largest absolute Gasteiger partial charge is 0.502 e. The smallest absolute Gasteiger partial charge is 0.336 e. The van der Waals surface area contributed by atoms with Gasteiger partial charge in [0.25, 0.3) is 5.88 Å². The standard InChI is InChI=1S/C22H21N3O4/c1-4-25(5-2)15-8-6-14(7-9-15)23-24-22-20(27)19-17(28-22)11-10-16-13(3)12-18(26)29-21(16)19/h6-12,27H,4-5H2,1-3H3. The van der Waals surface area contributed by atoms with Crippen molar-refractivity contribution in [2.75, 3.05) is 18.0 Å². The summed E-state index contributed by atoms with van der Waals surface area (Å²) in [6.45, 7) is 7.87. The number of hydrogen-bond donors (Lipinski definition) is 1. The Morgan fingerprint density at radius 1 is 1.00 bits per heavy atom. The zero-order valence-corrected chi connectivity index (χ0v) is 16.5. The van der Waals surface area contributed by atoms with Gasteiger partial charge >= 0.3 is 5.63 Å². The Bertz CT molecular complexity index is 1270. The van der Waals surface area contributed by atoms with Gasteiger partial charge in [-0.3, -0.25) is 0 Å². The van der Waals surface area contributed by atoms with Gasteiger partial charge in [0.2, 0.25) is 0 Å². The molecule has 0 bridgehead atoms. The summed E-state index contributed by atoms with van der Waals surface area (Å²) in [6.07, 6.45) is 0. The third-order valence-corrected chi connectivity index (χ3v) is 4.96. The van der Waals surface area contributed by atoms with Gasteiger partial charge in [0.1, 0.15) is 11.0 Å². The molecule has 0 saturated carbocycles. The summed E-state index contributed by atoms with van der Waals surface area (Å²) in [7, 11) is 0. The molecule has 29 heavy (non-hydrogen) atoms. The van der Waals surface area contributed by atoms with Crippen molar-refractivity contribution in [2.45, 2.75) is 20.8 Å². The molecule has 2 aromatic heterocycles. The summed E-state index contributed by atoms with van der Waals surface area (Å²) in [5.74, 6) is -0.243. The first-order chi connectivity index (χ1) is 14.0. The van der Waals surface area contributed by atoms with E-state index in [-0.39, 0.29) is 17.2 Å². The highest BCUT2D eigenvalue weighted by atomic mass is 16.4. The van der Waals surface area contributed by atoms with Gasteiger partial charge in [0, 0.05) is 30.2 Å². The molecule has 4 aromatic rings. The van der Waals surface area contributed by atoms with Crippen LogP contribution in [0.1, 0.15) is 19.4 Å². The molecule has 2 heterocycles. The molecule has 7 nitrogen and oxygen atoms in total. The summed E-state index contributed by atoms with van der Waals surface area (Å²) >= 11 is 0. The Labute approximate surface area is 166 Å². The quantitative estimate of drug-likeness (QED) is 0.342. The van der Waals surface area contributed by atoms with Crippen LogP contribution in [0.2, 0.25) is 0 Å². The summed E-state index contributed by atoms with van der Waals surface area (Å²) in [5, 5.41) is 19.9. The highest BCUT2D eigenvalue weighted by Gasteiger charge is 2.18. The predicted molar refractivity (Wildman–Crippen MR) is 113 cm³/mol. The highest BCUT2D eigenvalue weighted by Crippen LogP contribution is 2.42. The van der Waals surface area contributed by atoms with E-state index in [1.54, 1.807) is 12.1 Å². The van der Waals surface area contributed by atoms with E-state index in [0.717, 1.165) is 29.7 Å². The zero-order valence-electron chi connectivity index (χ0n) is 16.5. The van der Waals surface area contributed by atoms with Crippen molar-refractivity contribution in [1.29, 1.82) is 0 Å². The molecule has 0 radical (unpaired) electrons. The summed E-state index contributed by atoms with van der Waals surface area (Å²) < 4.78 is 10.9. The first-order valence-corrected chi connectivity index (χ1v) is 9.47. The van der Waals surface area contributed by atoms with Gasteiger partial charge in [-0.2, -0.15) is 0 Å². The fourth-order valence-corrected chi connectivity index (χ4v) is 3.42. The van der Waals surface area contributed by atoms with Crippen molar-refractivity contribution >= 4 is 39.2 Å². The maximum absolute atomic E-state index is 11.8. The fourth-order valence-electron chi connectivity index (χ4n) is 3.42. The van der Waals surface area contributed by atoms with Gasteiger partial charge in [0.15, 0.2) is 11.3 Å². The second-order valence-electron chi connectivity index (χ2n) is 6.71. The van der Waals surface area contributed by atoms with Crippen LogP contribution in [-0.2, 0) is 0 Å². The molecule has 0 aliphatic rings. The van der Waals surface area contributed by atoms with E-state index in [1.165, 1.54) is 6.07 Å². The number of rotatable bonds is 5. The molecule has 2 aromatic carbocycles. The van der Waals surface area contributed by atoms with E-state index in [2.05, 4.69) is 29.0 Å². The molecular weight excluding hydrogens is 370 g/mol. The highest BCUT2D eigenvalue weighted by molar-refractivity contribution is 6.08. The van der Waals surface area contributed by atoms with E-state index >= 15 is 0 Å². The maximum atomic E-state index is 11.8. The average molecular weight is 391 g/mol. The monoisotopic (exact) mass is 391 g/mol. The van der Waals surface area contributed by atoms with Gasteiger partial charge < -0.3 is 18.8 Å². The van der Waals surface area contributed by atoms with E-state index in [9.17, 15) is 9.90 Å². The normalized spacial score (nSPS) is 11.7. The van der Waals surface area contributed by atoms with Crippen LogP contribution in [0.5, 0.6) is 5.75 Å². The summed E-state index contributed by atoms with van der Waals surface area (Å²) in [6, 6.07) is 12.6. The number of furan rings is 1. The molecule has 0 saturated heterocycles. The van der Waals surface area contributed by atoms with E-state index in [0.29, 0.717) is 16.7 Å². The number of fused-ring (bicyclic) bond motifs is 3.